The van der Waals surface area contributed by atoms with Crippen LogP contribution in [0.15, 0.2) is 36.4 Å². The maximum atomic E-state index is 14.4. The molecule has 0 fully saturated rings. The van der Waals surface area contributed by atoms with Crippen LogP contribution in [0.2, 0.25) is 5.02 Å². The Morgan fingerprint density at radius 1 is 1.25 bits per heavy atom. The van der Waals surface area contributed by atoms with Gasteiger partial charge in [-0.2, -0.15) is 5.10 Å². The molecule has 3 aromatic rings. The van der Waals surface area contributed by atoms with Crippen LogP contribution in [0.3, 0.4) is 0 Å². The number of aromatic nitrogens is 2. The van der Waals surface area contributed by atoms with Gasteiger partial charge in [-0.25, -0.2) is 4.39 Å². The number of carbonyl (C=O) groups is 2. The predicted molar refractivity (Wildman–Crippen MR) is 131 cm³/mol. The standard InChI is InChI=1S/C23H28ClFN6O5/c1-12(10-32)30(8-19(34)28-17(11-33)14-3-2-4-16(24)21(14)25)20(35)9-31-18-6-5-13(26)7-15(18)22(29-31)23(27)36/h2-7,12,17,23,32-33,36H,8-11,26-27H2,1H3,(H,28,34)/t12-,17+,23?/m1/s1. The average molecular weight is 523 g/mol. The molecule has 2 amide bonds. The van der Waals surface area contributed by atoms with E-state index in [-0.39, 0.29) is 22.8 Å². The lowest BCUT2D eigenvalue weighted by molar-refractivity contribution is -0.139. The number of nitrogens with one attached hydrogen (secondary N) is 1. The van der Waals surface area contributed by atoms with Crippen molar-refractivity contribution >= 4 is 40.0 Å². The van der Waals surface area contributed by atoms with Gasteiger partial charge in [-0.3, -0.25) is 14.3 Å². The van der Waals surface area contributed by atoms with Crippen molar-refractivity contribution < 1.29 is 29.3 Å². The highest BCUT2D eigenvalue weighted by atomic mass is 35.5. The van der Waals surface area contributed by atoms with Crippen LogP contribution in [-0.4, -0.2) is 67.6 Å². The SMILES string of the molecule is C[C@H](CO)N(CC(=O)N[C@@H](CO)c1cccc(Cl)c1F)C(=O)Cn1nc(C(N)O)c2cc(N)ccc21. The number of anilines is 1. The van der Waals surface area contributed by atoms with E-state index in [0.29, 0.717) is 16.6 Å². The zero-order chi connectivity index (χ0) is 26.6. The summed E-state index contributed by atoms with van der Waals surface area (Å²) in [4.78, 5) is 27.1. The van der Waals surface area contributed by atoms with Gasteiger partial charge in [0, 0.05) is 16.6 Å². The molecule has 13 heteroatoms. The smallest absolute Gasteiger partial charge is 0.245 e. The summed E-state index contributed by atoms with van der Waals surface area (Å²) in [6, 6.07) is 7.12. The fourth-order valence-corrected chi connectivity index (χ4v) is 3.96. The summed E-state index contributed by atoms with van der Waals surface area (Å²) >= 11 is 5.80. The van der Waals surface area contributed by atoms with Gasteiger partial charge in [0.05, 0.1) is 42.4 Å². The number of halogens is 2. The normalized spacial score (nSPS) is 13.9. The van der Waals surface area contributed by atoms with Gasteiger partial charge >= 0.3 is 0 Å². The van der Waals surface area contributed by atoms with Crippen molar-refractivity contribution in [2.45, 2.75) is 31.8 Å². The third kappa shape index (κ3) is 5.91. The molecule has 2 aromatic carbocycles. The number of nitrogens with two attached hydrogens (primary N) is 2. The highest BCUT2D eigenvalue weighted by molar-refractivity contribution is 6.30. The third-order valence-electron chi connectivity index (χ3n) is 5.67. The molecule has 1 unspecified atom stereocenters. The molecule has 8 N–H and O–H groups in total. The zero-order valence-corrected chi connectivity index (χ0v) is 20.2. The molecule has 0 saturated heterocycles. The van der Waals surface area contributed by atoms with E-state index in [1.165, 1.54) is 22.9 Å². The second kappa shape index (κ2) is 11.6. The van der Waals surface area contributed by atoms with E-state index < -0.39 is 55.7 Å². The Hall–Kier alpha value is -3.29. The second-order valence-corrected chi connectivity index (χ2v) is 8.67. The van der Waals surface area contributed by atoms with Gasteiger partial charge in [-0.15, -0.1) is 0 Å². The summed E-state index contributed by atoms with van der Waals surface area (Å²) in [7, 11) is 0. The van der Waals surface area contributed by atoms with Crippen LogP contribution in [0.4, 0.5) is 10.1 Å². The number of fused-ring (bicyclic) bond motifs is 1. The lowest BCUT2D eigenvalue weighted by Crippen LogP contribution is -2.48. The summed E-state index contributed by atoms with van der Waals surface area (Å²) in [6.07, 6.45) is -1.41. The molecule has 0 bridgehead atoms. The molecule has 0 aliphatic carbocycles. The number of benzene rings is 2. The van der Waals surface area contributed by atoms with E-state index >= 15 is 0 Å². The molecular formula is C23H28ClFN6O5. The molecule has 1 heterocycles. The van der Waals surface area contributed by atoms with Crippen LogP contribution in [0.25, 0.3) is 10.9 Å². The number of carbonyl (C=O) groups excluding carboxylic acids is 2. The first-order valence-electron chi connectivity index (χ1n) is 11.0. The van der Waals surface area contributed by atoms with E-state index in [4.69, 9.17) is 23.1 Å². The van der Waals surface area contributed by atoms with Crippen molar-refractivity contribution in [3.05, 3.63) is 58.5 Å². The maximum Gasteiger partial charge on any atom is 0.245 e. The van der Waals surface area contributed by atoms with Gasteiger partial charge in [0.2, 0.25) is 11.8 Å². The highest BCUT2D eigenvalue weighted by Gasteiger charge is 2.26. The molecular weight excluding hydrogens is 495 g/mol. The van der Waals surface area contributed by atoms with Crippen molar-refractivity contribution in [1.82, 2.24) is 20.0 Å². The van der Waals surface area contributed by atoms with Crippen LogP contribution in [0.1, 0.15) is 30.5 Å². The molecule has 36 heavy (non-hydrogen) atoms. The fraction of sp³-hybridized carbons (Fsp3) is 0.348. The number of amides is 2. The minimum Gasteiger partial charge on any atom is -0.399 e. The topological polar surface area (TPSA) is 180 Å². The Morgan fingerprint density at radius 3 is 2.61 bits per heavy atom. The molecule has 0 saturated carbocycles. The van der Waals surface area contributed by atoms with Gasteiger partial charge in [-0.05, 0) is 31.2 Å². The Labute approximate surface area is 211 Å². The maximum absolute atomic E-state index is 14.4. The first-order chi connectivity index (χ1) is 17.1. The summed E-state index contributed by atoms with van der Waals surface area (Å²) in [5, 5.41) is 36.3. The Bertz CT molecular complexity index is 1250. The lowest BCUT2D eigenvalue weighted by atomic mass is 10.1. The molecule has 0 aliphatic rings. The van der Waals surface area contributed by atoms with Crippen molar-refractivity contribution in [1.29, 1.82) is 0 Å². The van der Waals surface area contributed by atoms with Gasteiger partial charge in [0.15, 0.2) is 0 Å². The summed E-state index contributed by atoms with van der Waals surface area (Å²) in [5.74, 6) is -2.04. The Balaban J connectivity index is 1.81. The van der Waals surface area contributed by atoms with E-state index in [1.54, 1.807) is 25.1 Å². The lowest BCUT2D eigenvalue weighted by Gasteiger charge is -2.28. The van der Waals surface area contributed by atoms with Crippen molar-refractivity contribution in [2.24, 2.45) is 5.73 Å². The molecule has 194 valence electrons. The third-order valence-corrected chi connectivity index (χ3v) is 5.97. The van der Waals surface area contributed by atoms with Gasteiger partial charge < -0.3 is 37.0 Å². The first kappa shape index (κ1) is 27.3. The largest absolute Gasteiger partial charge is 0.399 e. The number of nitrogen functional groups attached to an aromatic ring is 1. The van der Waals surface area contributed by atoms with E-state index in [0.717, 1.165) is 4.90 Å². The predicted octanol–water partition coefficient (Wildman–Crippen LogP) is 0.420. The van der Waals surface area contributed by atoms with Crippen molar-refractivity contribution in [2.75, 3.05) is 25.5 Å². The molecule has 0 radical (unpaired) electrons. The number of hydrogen-bond acceptors (Lipinski definition) is 8. The summed E-state index contributed by atoms with van der Waals surface area (Å²) < 4.78 is 15.7. The quantitative estimate of drug-likeness (QED) is 0.164. The van der Waals surface area contributed by atoms with Crippen molar-refractivity contribution in [3.8, 4) is 0 Å². The van der Waals surface area contributed by atoms with Crippen molar-refractivity contribution in [3.63, 3.8) is 0 Å². The zero-order valence-electron chi connectivity index (χ0n) is 19.4. The molecule has 0 spiro atoms. The van der Waals surface area contributed by atoms with Gasteiger partial charge in [0.1, 0.15) is 24.3 Å². The fourth-order valence-electron chi connectivity index (χ4n) is 3.77. The van der Waals surface area contributed by atoms with E-state index in [1.807, 2.05) is 0 Å². The summed E-state index contributed by atoms with van der Waals surface area (Å²) in [5.41, 5.74) is 12.4. The number of rotatable bonds is 10. The van der Waals surface area contributed by atoms with Crippen LogP contribution < -0.4 is 16.8 Å². The van der Waals surface area contributed by atoms with E-state index in [9.17, 15) is 29.3 Å². The Kier molecular flexibility index (Phi) is 8.82. The molecule has 0 aliphatic heterocycles. The van der Waals surface area contributed by atoms with Crippen LogP contribution in [-0.2, 0) is 16.1 Å². The first-order valence-corrected chi connectivity index (χ1v) is 11.4. The molecule has 11 nitrogen and oxygen atoms in total. The van der Waals surface area contributed by atoms with Crippen LogP contribution in [0, 0.1) is 5.82 Å². The van der Waals surface area contributed by atoms with Crippen LogP contribution in [0.5, 0.6) is 0 Å². The summed E-state index contributed by atoms with van der Waals surface area (Å²) in [6.45, 7) is -0.329. The molecule has 3 atom stereocenters. The van der Waals surface area contributed by atoms with Gasteiger partial charge in [0.25, 0.3) is 0 Å². The average Bonchev–Trinajstić information content (AvgIpc) is 3.19. The number of hydrogen-bond donors (Lipinski definition) is 6. The monoisotopic (exact) mass is 522 g/mol. The number of aliphatic hydroxyl groups is 3. The minimum absolute atomic E-state index is 0.0124. The number of nitrogens with zero attached hydrogens (tertiary/aromatic N) is 3. The molecule has 3 rings (SSSR count). The highest BCUT2D eigenvalue weighted by Crippen LogP contribution is 2.25. The second-order valence-electron chi connectivity index (χ2n) is 8.26. The molecule has 1 aromatic heterocycles. The minimum atomic E-state index is -1.41. The van der Waals surface area contributed by atoms with E-state index in [2.05, 4.69) is 10.4 Å². The Morgan fingerprint density at radius 2 is 1.97 bits per heavy atom. The van der Waals surface area contributed by atoms with Gasteiger partial charge in [-0.1, -0.05) is 23.7 Å². The number of aliphatic hydroxyl groups excluding tert-OH is 3. The van der Waals surface area contributed by atoms with Crippen LogP contribution >= 0.6 is 11.6 Å².